The second-order valence-corrected chi connectivity index (χ2v) is 13.1. The molecule has 0 bridgehead atoms. The molecule has 3 aliphatic rings. The van der Waals surface area contributed by atoms with Crippen molar-refractivity contribution in [2.45, 2.75) is 69.1 Å². The van der Waals surface area contributed by atoms with Crippen molar-refractivity contribution in [3.63, 3.8) is 0 Å². The van der Waals surface area contributed by atoms with Gasteiger partial charge in [0.1, 0.15) is 18.3 Å². The van der Waals surface area contributed by atoms with E-state index >= 15 is 0 Å². The maximum absolute atomic E-state index is 11.3. The molecule has 0 aliphatic carbocycles. The summed E-state index contributed by atoms with van der Waals surface area (Å²) in [5.41, 5.74) is 4.23. The highest BCUT2D eigenvalue weighted by Crippen LogP contribution is 2.41. The molecular formula is C36H42N8O4. The van der Waals surface area contributed by atoms with Gasteiger partial charge in [-0.3, -0.25) is 9.47 Å². The van der Waals surface area contributed by atoms with Gasteiger partial charge in [-0.1, -0.05) is 72.7 Å². The van der Waals surface area contributed by atoms with Crippen LogP contribution in [0, 0.1) is 0 Å². The molecule has 6 heterocycles. The number of fused-ring (bicyclic) bond motifs is 1. The number of hydrogen-bond donors (Lipinski definition) is 3. The Morgan fingerprint density at radius 3 is 2.35 bits per heavy atom. The molecule has 250 valence electrons. The summed E-state index contributed by atoms with van der Waals surface area (Å²) in [4.78, 5) is 19.7. The quantitative estimate of drug-likeness (QED) is 0.200. The van der Waals surface area contributed by atoms with Gasteiger partial charge in [0.05, 0.1) is 12.0 Å². The van der Waals surface area contributed by atoms with Crippen molar-refractivity contribution in [2.24, 2.45) is 0 Å². The lowest BCUT2D eigenvalue weighted by Crippen LogP contribution is -2.35. The van der Waals surface area contributed by atoms with E-state index in [1.165, 1.54) is 24.0 Å². The summed E-state index contributed by atoms with van der Waals surface area (Å²) in [6.45, 7) is 6.54. The molecule has 5 aromatic rings. The second-order valence-electron chi connectivity index (χ2n) is 13.1. The first-order valence-corrected chi connectivity index (χ1v) is 17.1. The molecule has 12 nitrogen and oxygen atoms in total. The van der Waals surface area contributed by atoms with E-state index < -0.39 is 24.5 Å². The van der Waals surface area contributed by atoms with Gasteiger partial charge in [-0.15, -0.1) is 0 Å². The maximum atomic E-state index is 11.3. The van der Waals surface area contributed by atoms with Crippen LogP contribution in [0.5, 0.6) is 0 Å². The number of hydrogen-bond acceptors (Lipinski definition) is 11. The highest BCUT2D eigenvalue weighted by molar-refractivity contribution is 5.84. The lowest BCUT2D eigenvalue weighted by molar-refractivity contribution is -0.0434. The largest absolute Gasteiger partial charge is 0.387 e. The van der Waals surface area contributed by atoms with Crippen molar-refractivity contribution in [3.8, 4) is 0 Å². The van der Waals surface area contributed by atoms with Crippen molar-refractivity contribution in [3.05, 3.63) is 95.6 Å². The summed E-state index contributed by atoms with van der Waals surface area (Å²) in [5.74, 6) is 1.67. The van der Waals surface area contributed by atoms with Gasteiger partial charge in [0.15, 0.2) is 29.0 Å². The van der Waals surface area contributed by atoms with Crippen LogP contribution in [0.2, 0.25) is 0 Å². The molecule has 12 heteroatoms. The predicted octanol–water partition coefficient (Wildman–Crippen LogP) is 4.29. The van der Waals surface area contributed by atoms with Crippen molar-refractivity contribution in [1.82, 2.24) is 29.6 Å². The van der Waals surface area contributed by atoms with Crippen LogP contribution in [-0.2, 0) is 11.2 Å². The van der Waals surface area contributed by atoms with Crippen molar-refractivity contribution >= 4 is 22.9 Å². The molecule has 0 amide bonds. The van der Waals surface area contributed by atoms with Gasteiger partial charge in [0, 0.05) is 37.7 Å². The zero-order valence-electron chi connectivity index (χ0n) is 27.1. The summed E-state index contributed by atoms with van der Waals surface area (Å²) in [7, 11) is 0. The van der Waals surface area contributed by atoms with Gasteiger partial charge in [-0.05, 0) is 49.9 Å². The number of aliphatic hydroxyl groups excluding tert-OH is 2. The Labute approximate surface area is 279 Å². The number of likely N-dealkylation sites (tertiary alicyclic amines) is 1. The SMILES string of the molecule is CCc1cc([C@H]2O[C@@H](n3cnc4c(NCC(c5ccccc5)c5ccccc5)nc(N5CC[C@@H](N6CCCC6)C5)nc43)[C@H](O)[C@@H]2O)on1. The van der Waals surface area contributed by atoms with E-state index in [1.807, 2.05) is 19.1 Å². The minimum atomic E-state index is -1.25. The van der Waals surface area contributed by atoms with E-state index in [0.717, 1.165) is 38.3 Å². The number of imidazole rings is 1. The Bertz CT molecular complexity index is 1790. The minimum Gasteiger partial charge on any atom is -0.387 e. The molecular weight excluding hydrogens is 608 g/mol. The topological polar surface area (TPSA) is 138 Å². The zero-order valence-corrected chi connectivity index (χ0v) is 27.1. The molecule has 48 heavy (non-hydrogen) atoms. The second kappa shape index (κ2) is 13.3. The van der Waals surface area contributed by atoms with Crippen LogP contribution < -0.4 is 10.2 Å². The Morgan fingerprint density at radius 1 is 0.938 bits per heavy atom. The maximum Gasteiger partial charge on any atom is 0.229 e. The fraction of sp³-hybridized carbons (Fsp3) is 0.444. The van der Waals surface area contributed by atoms with E-state index in [4.69, 9.17) is 24.2 Å². The smallest absolute Gasteiger partial charge is 0.229 e. The highest BCUT2D eigenvalue weighted by Gasteiger charge is 2.47. The van der Waals surface area contributed by atoms with Crippen LogP contribution in [0.15, 0.2) is 77.6 Å². The number of ether oxygens (including phenoxy) is 1. The third-order valence-corrected chi connectivity index (χ3v) is 10.1. The number of nitrogens with zero attached hydrogens (tertiary/aromatic N) is 7. The van der Waals surface area contributed by atoms with Crippen LogP contribution >= 0.6 is 0 Å². The molecule has 3 fully saturated rings. The van der Waals surface area contributed by atoms with Gasteiger partial charge in [0.2, 0.25) is 5.95 Å². The fourth-order valence-electron chi connectivity index (χ4n) is 7.44. The number of benzene rings is 2. The number of nitrogens with one attached hydrogen (secondary N) is 1. The third-order valence-electron chi connectivity index (χ3n) is 10.1. The van der Waals surface area contributed by atoms with Crippen LogP contribution in [0.4, 0.5) is 11.8 Å². The van der Waals surface area contributed by atoms with E-state index in [0.29, 0.717) is 47.7 Å². The Kier molecular flexibility index (Phi) is 8.55. The van der Waals surface area contributed by atoms with Crippen LogP contribution in [0.1, 0.15) is 67.0 Å². The van der Waals surface area contributed by atoms with Crippen molar-refractivity contribution < 1.29 is 19.5 Å². The van der Waals surface area contributed by atoms with Crippen molar-refractivity contribution in [1.29, 1.82) is 0 Å². The highest BCUT2D eigenvalue weighted by atomic mass is 16.6. The van der Waals surface area contributed by atoms with Crippen LogP contribution in [0.3, 0.4) is 0 Å². The monoisotopic (exact) mass is 650 g/mol. The number of aryl methyl sites for hydroxylation is 1. The summed E-state index contributed by atoms with van der Waals surface area (Å²) >= 11 is 0. The number of rotatable bonds is 10. The molecule has 3 aliphatic heterocycles. The lowest BCUT2D eigenvalue weighted by atomic mass is 9.91. The van der Waals surface area contributed by atoms with Crippen LogP contribution in [-0.4, -0.2) is 90.8 Å². The van der Waals surface area contributed by atoms with Crippen LogP contribution in [0.25, 0.3) is 11.2 Å². The first-order chi connectivity index (χ1) is 23.6. The number of aliphatic hydroxyl groups is 2. The standard InChI is InChI=1S/C36H42N8O4/c1-2-25-19-28(48-41-25)32-30(45)31(46)35(47-32)44-22-38-29-33(37-20-27(23-11-5-3-6-12-23)24-13-7-4-8-14-24)39-36(40-34(29)44)43-18-15-26(21-43)42-16-9-10-17-42/h3-8,11-14,19,22,26-27,30-32,35,45-46H,2,9-10,15-18,20-21H2,1H3,(H,37,39,40)/t26-,30+,31-,32-,35-/m1/s1. The molecule has 8 rings (SSSR count). The number of anilines is 2. The van der Waals surface area contributed by atoms with E-state index in [2.05, 4.69) is 68.8 Å². The first-order valence-electron chi connectivity index (χ1n) is 17.1. The molecule has 0 spiro atoms. The molecule has 5 atom stereocenters. The van der Waals surface area contributed by atoms with Crippen molar-refractivity contribution in [2.75, 3.05) is 42.9 Å². The number of aromatic nitrogens is 5. The fourth-order valence-corrected chi connectivity index (χ4v) is 7.44. The molecule has 0 saturated carbocycles. The Balaban J connectivity index is 1.14. The average Bonchev–Trinajstić information content (AvgIpc) is 3.97. The van der Waals surface area contributed by atoms with E-state index in [-0.39, 0.29) is 5.92 Å². The normalized spacial score (nSPS) is 24.8. The lowest BCUT2D eigenvalue weighted by Gasteiger charge is -2.24. The molecule has 3 aromatic heterocycles. The third kappa shape index (κ3) is 5.83. The summed E-state index contributed by atoms with van der Waals surface area (Å²) < 4.78 is 13.5. The zero-order chi connectivity index (χ0) is 32.6. The molecule has 3 N–H and O–H groups in total. The van der Waals surface area contributed by atoms with E-state index in [1.54, 1.807) is 17.0 Å². The van der Waals surface area contributed by atoms with Gasteiger partial charge < -0.3 is 29.7 Å². The molecule has 3 saturated heterocycles. The Hall–Kier alpha value is -4.36. The van der Waals surface area contributed by atoms with Gasteiger partial charge >= 0.3 is 0 Å². The molecule has 2 aromatic carbocycles. The first kappa shape index (κ1) is 30.9. The summed E-state index contributed by atoms with van der Waals surface area (Å²) in [6.07, 6.45) is 1.56. The average molecular weight is 651 g/mol. The summed E-state index contributed by atoms with van der Waals surface area (Å²) in [5, 5.41) is 30.0. The molecule has 0 unspecified atom stereocenters. The minimum absolute atomic E-state index is 0.0695. The Morgan fingerprint density at radius 2 is 1.67 bits per heavy atom. The van der Waals surface area contributed by atoms with Gasteiger partial charge in [-0.2, -0.15) is 9.97 Å². The molecule has 0 radical (unpaired) electrons. The summed E-state index contributed by atoms with van der Waals surface area (Å²) in [6, 6.07) is 23.1. The van der Waals surface area contributed by atoms with E-state index in [9.17, 15) is 10.2 Å². The van der Waals surface area contributed by atoms with Gasteiger partial charge in [0.25, 0.3) is 0 Å². The van der Waals surface area contributed by atoms with Gasteiger partial charge in [-0.25, -0.2) is 4.98 Å². The predicted molar refractivity (Wildman–Crippen MR) is 181 cm³/mol.